The minimum absolute atomic E-state index is 0.114. The van der Waals surface area contributed by atoms with E-state index in [1.165, 1.54) is 22.7 Å². The number of hydrogen-bond acceptors (Lipinski definition) is 2. The molecule has 1 aliphatic carbocycles. The topological polar surface area (TPSA) is 0 Å². The lowest BCUT2D eigenvalue weighted by molar-refractivity contribution is -0.254. The van der Waals surface area contributed by atoms with Crippen molar-refractivity contribution in [3.8, 4) is 0 Å². The molecule has 0 aromatic carbocycles. The van der Waals surface area contributed by atoms with Gasteiger partial charge in [-0.05, 0) is 95.8 Å². The molecular weight excluding hydrogens is 708 g/mol. The quantitative estimate of drug-likeness (QED) is 0.187. The van der Waals surface area contributed by atoms with Crippen molar-refractivity contribution in [1.82, 2.24) is 0 Å². The average Bonchev–Trinajstić information content (AvgIpc) is 3.18. The molecule has 0 atom stereocenters. The summed E-state index contributed by atoms with van der Waals surface area (Å²) >= 11 is 6.37. The summed E-state index contributed by atoms with van der Waals surface area (Å²) < 4.78 is 92.8. The first kappa shape index (κ1) is 27.8. The molecule has 2 aromatic rings. The molecule has 0 unspecified atom stereocenters. The lowest BCUT2D eigenvalue weighted by Crippen LogP contribution is -2.49. The Labute approximate surface area is 225 Å². The van der Waals surface area contributed by atoms with E-state index in [-0.39, 0.29) is 11.1 Å². The van der Waals surface area contributed by atoms with E-state index in [4.69, 9.17) is 0 Å². The fourth-order valence-corrected chi connectivity index (χ4v) is 9.22. The molecule has 0 saturated carbocycles. The van der Waals surface area contributed by atoms with Gasteiger partial charge >= 0.3 is 17.8 Å². The van der Waals surface area contributed by atoms with Crippen molar-refractivity contribution in [2.45, 2.75) is 84.0 Å². The summed E-state index contributed by atoms with van der Waals surface area (Å²) in [5, 5.41) is 0. The summed E-state index contributed by atoms with van der Waals surface area (Å²) in [5.41, 5.74) is -1.66. The van der Waals surface area contributed by atoms with Crippen LogP contribution in [0.5, 0.6) is 0 Å². The van der Waals surface area contributed by atoms with Gasteiger partial charge in [0.15, 0.2) is 0 Å². The molecule has 0 aliphatic heterocycles. The molecule has 1 aliphatic rings. The second-order valence-corrected chi connectivity index (χ2v) is 14.3. The van der Waals surface area contributed by atoms with Crippen LogP contribution in [0.4, 0.5) is 26.3 Å². The molecule has 0 fully saturated rings. The Morgan fingerprint density at radius 3 is 1.30 bits per heavy atom. The number of unbranched alkanes of at least 4 members (excludes halogenated alkanes) is 2. The number of aryl methyl sites for hydroxylation is 2. The predicted octanol–water partition coefficient (Wildman–Crippen LogP) is 10.2. The van der Waals surface area contributed by atoms with Crippen LogP contribution >= 0.6 is 67.9 Å². The zero-order valence-corrected chi connectivity index (χ0v) is 24.5. The van der Waals surface area contributed by atoms with Crippen LogP contribution in [0.25, 0.3) is 11.1 Å². The Morgan fingerprint density at radius 2 is 1.00 bits per heavy atom. The van der Waals surface area contributed by atoms with Gasteiger partial charge in [-0.15, -0.1) is 22.7 Å². The predicted molar refractivity (Wildman–Crippen MR) is 142 cm³/mol. The van der Waals surface area contributed by atoms with E-state index in [9.17, 15) is 8.78 Å². The van der Waals surface area contributed by atoms with Crippen molar-refractivity contribution in [1.29, 1.82) is 0 Å². The number of allylic oxidation sites excluding steroid dienone is 2. The molecule has 2 aromatic heterocycles. The van der Waals surface area contributed by atoms with Crippen molar-refractivity contribution in [3.05, 3.63) is 37.8 Å². The van der Waals surface area contributed by atoms with Crippen molar-refractivity contribution in [2.24, 2.45) is 0 Å². The van der Waals surface area contributed by atoms with E-state index in [1.807, 2.05) is 59.0 Å². The lowest BCUT2D eigenvalue weighted by atomic mass is 9.89. The fourth-order valence-electron chi connectivity index (χ4n) is 4.31. The molecule has 2 heterocycles. The molecule has 0 spiro atoms. The highest BCUT2D eigenvalue weighted by Gasteiger charge is 2.80. The molecular formula is C23H24F6I2S2. The van der Waals surface area contributed by atoms with Crippen molar-refractivity contribution >= 4 is 79.0 Å². The molecule has 0 amide bonds. The first-order chi connectivity index (χ1) is 15.3. The van der Waals surface area contributed by atoms with Gasteiger partial charge in [0.05, 0.1) is 5.77 Å². The molecule has 0 N–H and O–H groups in total. The third-order valence-electron chi connectivity index (χ3n) is 5.99. The zero-order chi connectivity index (χ0) is 24.9. The van der Waals surface area contributed by atoms with E-state index in [0.717, 1.165) is 12.8 Å². The van der Waals surface area contributed by atoms with Gasteiger partial charge in [0.2, 0.25) is 0 Å². The molecule has 184 valence electrons. The van der Waals surface area contributed by atoms with Crippen molar-refractivity contribution < 1.29 is 26.3 Å². The van der Waals surface area contributed by atoms with E-state index < -0.39 is 28.9 Å². The Morgan fingerprint density at radius 1 is 0.667 bits per heavy atom. The summed E-state index contributed by atoms with van der Waals surface area (Å²) in [6, 6.07) is 0. The number of rotatable bonds is 8. The van der Waals surface area contributed by atoms with Crippen LogP contribution in [-0.2, 0) is 12.8 Å². The number of thiophene rings is 2. The first-order valence-electron chi connectivity index (χ1n) is 10.7. The van der Waals surface area contributed by atoms with Crippen LogP contribution in [0, 0.1) is 19.6 Å². The van der Waals surface area contributed by atoms with Crippen LogP contribution in [-0.4, -0.2) is 17.8 Å². The largest absolute Gasteiger partial charge is 0.380 e. The fraction of sp³-hybridized carbons (Fsp3) is 0.565. The van der Waals surface area contributed by atoms with Crippen LogP contribution < -0.4 is 0 Å². The van der Waals surface area contributed by atoms with Gasteiger partial charge in [0.1, 0.15) is 0 Å². The monoisotopic (exact) mass is 732 g/mol. The lowest BCUT2D eigenvalue weighted by Gasteiger charge is -2.26. The van der Waals surface area contributed by atoms with E-state index >= 15 is 17.6 Å². The maximum atomic E-state index is 15.4. The summed E-state index contributed by atoms with van der Waals surface area (Å²) in [7, 11) is 0. The van der Waals surface area contributed by atoms with E-state index in [1.54, 1.807) is 13.8 Å². The average molecular weight is 732 g/mol. The van der Waals surface area contributed by atoms with E-state index in [2.05, 4.69) is 0 Å². The van der Waals surface area contributed by atoms with Gasteiger partial charge in [-0.2, -0.15) is 26.3 Å². The third kappa shape index (κ3) is 4.34. The summed E-state index contributed by atoms with van der Waals surface area (Å²) in [6.45, 7) is 6.96. The van der Waals surface area contributed by atoms with Crippen LogP contribution in [0.15, 0.2) is 0 Å². The van der Waals surface area contributed by atoms with Crippen LogP contribution in [0.3, 0.4) is 0 Å². The normalized spacial score (nSPS) is 19.0. The first-order valence-corrected chi connectivity index (χ1v) is 14.5. The van der Waals surface area contributed by atoms with Gasteiger partial charge in [-0.25, -0.2) is 0 Å². The van der Waals surface area contributed by atoms with Gasteiger partial charge in [0, 0.05) is 32.0 Å². The second kappa shape index (κ2) is 9.91. The number of halogens is 8. The summed E-state index contributed by atoms with van der Waals surface area (Å²) in [6.07, 6.45) is 3.58. The van der Waals surface area contributed by atoms with Gasteiger partial charge in [-0.1, -0.05) is 26.7 Å². The maximum absolute atomic E-state index is 15.4. The molecule has 3 rings (SSSR count). The minimum Gasteiger partial charge on any atom is -0.194 e. The molecule has 33 heavy (non-hydrogen) atoms. The van der Waals surface area contributed by atoms with Crippen LogP contribution in [0.2, 0.25) is 0 Å². The van der Waals surface area contributed by atoms with Gasteiger partial charge in [0.25, 0.3) is 0 Å². The standard InChI is InChI=1S/C23H24F6I2S2/c1-5-7-9-13-15(11(3)32-19(13)30)17-18(22(26,27)23(28,29)21(17,24)25)16-12(4)33-20(31)14(16)10-8-6-2/h5-10H2,1-4H3. The highest BCUT2D eigenvalue weighted by atomic mass is 127. The molecule has 0 nitrogen and oxygen atoms in total. The maximum Gasteiger partial charge on any atom is 0.380 e. The number of alkyl halides is 6. The molecule has 0 radical (unpaired) electrons. The van der Waals surface area contributed by atoms with Crippen molar-refractivity contribution in [2.75, 3.05) is 0 Å². The number of hydrogen-bond donors (Lipinski definition) is 0. The highest BCUT2D eigenvalue weighted by Crippen LogP contribution is 2.66. The smallest absolute Gasteiger partial charge is 0.194 e. The second-order valence-electron chi connectivity index (χ2n) is 8.25. The Bertz CT molecular complexity index is 999. The summed E-state index contributed by atoms with van der Waals surface area (Å²) in [4.78, 5) is 0.729. The van der Waals surface area contributed by atoms with Crippen LogP contribution in [0.1, 0.15) is 71.5 Å². The van der Waals surface area contributed by atoms with Gasteiger partial charge < -0.3 is 0 Å². The third-order valence-corrected chi connectivity index (χ3v) is 10.5. The summed E-state index contributed by atoms with van der Waals surface area (Å²) in [5.74, 6) is -15.5. The molecule has 0 saturated heterocycles. The van der Waals surface area contributed by atoms with Gasteiger partial charge in [-0.3, -0.25) is 0 Å². The Hall–Kier alpha value is 0.180. The zero-order valence-electron chi connectivity index (χ0n) is 18.6. The van der Waals surface area contributed by atoms with Crippen molar-refractivity contribution in [3.63, 3.8) is 0 Å². The molecule has 10 heteroatoms. The SMILES string of the molecule is CCCCc1c(I)sc(C)c1C1=C(c2c(C)sc(I)c2CCCC)C(F)(F)C(F)(F)C1(F)F. The molecule has 0 bridgehead atoms. The van der Waals surface area contributed by atoms with E-state index in [0.29, 0.717) is 52.3 Å². The Kier molecular flexibility index (Phi) is 8.34. The Balaban J connectivity index is 2.47. The highest BCUT2D eigenvalue weighted by molar-refractivity contribution is 14.1. The minimum atomic E-state index is -5.52.